The van der Waals surface area contributed by atoms with Crippen LogP contribution in [0.25, 0.3) is 0 Å². The lowest BCUT2D eigenvalue weighted by Crippen LogP contribution is -2.31. The number of hydrogen-bond acceptors (Lipinski definition) is 4. The second kappa shape index (κ2) is 6.26. The molecule has 20 heavy (non-hydrogen) atoms. The van der Waals surface area contributed by atoms with Crippen LogP contribution in [0.2, 0.25) is 5.02 Å². The molecule has 3 N–H and O–H groups in total. The molecular formula is C14H19ClN4O. The molecule has 0 fully saturated rings. The predicted molar refractivity (Wildman–Crippen MR) is 79.8 cm³/mol. The van der Waals surface area contributed by atoms with Crippen molar-refractivity contribution in [3.63, 3.8) is 0 Å². The molecule has 1 atom stereocenters. The average Bonchev–Trinajstić information content (AvgIpc) is 2.84. The summed E-state index contributed by atoms with van der Waals surface area (Å²) in [5.41, 5.74) is 4.66. The maximum Gasteiger partial charge on any atom is 0.161 e. The minimum atomic E-state index is -0.242. The Morgan fingerprint density at radius 3 is 2.70 bits per heavy atom. The first-order valence-electron chi connectivity index (χ1n) is 6.41. The molecule has 2 rings (SSSR count). The maximum absolute atomic E-state index is 6.06. The van der Waals surface area contributed by atoms with Crippen molar-refractivity contribution in [2.24, 2.45) is 5.84 Å². The second-order valence-electron chi connectivity index (χ2n) is 4.79. The molecule has 2 aromatic rings. The van der Waals surface area contributed by atoms with Crippen LogP contribution in [0.1, 0.15) is 37.2 Å². The van der Waals surface area contributed by atoms with Crippen molar-refractivity contribution in [3.8, 4) is 5.75 Å². The van der Waals surface area contributed by atoms with E-state index in [1.807, 2.05) is 28.9 Å². The molecule has 1 aromatic carbocycles. The first kappa shape index (κ1) is 14.8. The van der Waals surface area contributed by atoms with Gasteiger partial charge in [-0.25, -0.2) is 5.43 Å². The Balaban J connectivity index is 2.54. The monoisotopic (exact) mass is 294 g/mol. The van der Waals surface area contributed by atoms with Gasteiger partial charge >= 0.3 is 0 Å². The van der Waals surface area contributed by atoms with E-state index in [4.69, 9.17) is 22.2 Å². The summed E-state index contributed by atoms with van der Waals surface area (Å²) >= 11 is 6.06. The Kier molecular flexibility index (Phi) is 4.65. The van der Waals surface area contributed by atoms with Gasteiger partial charge in [0.1, 0.15) is 5.69 Å². The van der Waals surface area contributed by atoms with Gasteiger partial charge in [-0.3, -0.25) is 10.5 Å². The SMILES string of the molecule is COc1cnn(C(C)C)c1C(NN)c1cccc(Cl)c1. The minimum absolute atomic E-state index is 0.198. The van der Waals surface area contributed by atoms with Crippen molar-refractivity contribution in [1.82, 2.24) is 15.2 Å². The Labute approximate surface area is 123 Å². The number of hydrazine groups is 1. The maximum atomic E-state index is 6.06. The van der Waals surface area contributed by atoms with Crippen molar-refractivity contribution in [2.75, 3.05) is 7.11 Å². The van der Waals surface area contributed by atoms with E-state index < -0.39 is 0 Å². The van der Waals surface area contributed by atoms with Gasteiger partial charge in [-0.1, -0.05) is 23.7 Å². The van der Waals surface area contributed by atoms with Crippen LogP contribution in [0.3, 0.4) is 0 Å². The van der Waals surface area contributed by atoms with Crippen LogP contribution in [-0.2, 0) is 0 Å². The summed E-state index contributed by atoms with van der Waals surface area (Å²) in [6, 6.07) is 7.52. The lowest BCUT2D eigenvalue weighted by atomic mass is 10.0. The third-order valence-electron chi connectivity index (χ3n) is 3.13. The van der Waals surface area contributed by atoms with E-state index >= 15 is 0 Å². The standard InChI is InChI=1S/C14H19ClN4O/c1-9(2)19-14(12(20-3)8-17-19)13(18-16)10-5-4-6-11(15)7-10/h4-9,13,18H,16H2,1-3H3. The van der Waals surface area contributed by atoms with Crippen molar-refractivity contribution >= 4 is 11.6 Å². The molecule has 0 saturated heterocycles. The zero-order valence-electron chi connectivity index (χ0n) is 11.8. The van der Waals surface area contributed by atoms with E-state index in [9.17, 15) is 0 Å². The molecule has 6 heteroatoms. The van der Waals surface area contributed by atoms with Crippen LogP contribution < -0.4 is 16.0 Å². The lowest BCUT2D eigenvalue weighted by molar-refractivity contribution is 0.394. The van der Waals surface area contributed by atoms with Gasteiger partial charge in [0.15, 0.2) is 5.75 Å². The zero-order chi connectivity index (χ0) is 14.7. The van der Waals surface area contributed by atoms with E-state index in [0.29, 0.717) is 10.8 Å². The number of nitrogens with two attached hydrogens (primary N) is 1. The molecular weight excluding hydrogens is 276 g/mol. The molecule has 0 aliphatic carbocycles. The number of aromatic nitrogens is 2. The fourth-order valence-electron chi connectivity index (χ4n) is 2.22. The number of nitrogens with one attached hydrogen (secondary N) is 1. The molecule has 0 spiro atoms. The highest BCUT2D eigenvalue weighted by Gasteiger charge is 2.24. The third-order valence-corrected chi connectivity index (χ3v) is 3.36. The second-order valence-corrected chi connectivity index (χ2v) is 5.23. The Hall–Kier alpha value is -1.56. The molecule has 0 radical (unpaired) electrons. The molecule has 1 heterocycles. The molecule has 0 amide bonds. The summed E-state index contributed by atoms with van der Waals surface area (Å²) in [5.74, 6) is 6.44. The van der Waals surface area contributed by atoms with Crippen molar-refractivity contribution in [1.29, 1.82) is 0 Å². The summed E-state index contributed by atoms with van der Waals surface area (Å²) in [6.45, 7) is 4.11. The summed E-state index contributed by atoms with van der Waals surface area (Å²) in [7, 11) is 1.62. The number of hydrogen-bond donors (Lipinski definition) is 2. The Bertz CT molecular complexity index is 582. The molecule has 5 nitrogen and oxygen atoms in total. The number of nitrogens with zero attached hydrogens (tertiary/aromatic N) is 2. The molecule has 0 aliphatic heterocycles. The number of rotatable bonds is 5. The van der Waals surface area contributed by atoms with Gasteiger partial charge in [0, 0.05) is 11.1 Å². The van der Waals surface area contributed by atoms with Gasteiger partial charge in [0.05, 0.1) is 19.3 Å². The van der Waals surface area contributed by atoms with Gasteiger partial charge < -0.3 is 4.74 Å². The largest absolute Gasteiger partial charge is 0.493 e. The van der Waals surface area contributed by atoms with Crippen molar-refractivity contribution < 1.29 is 4.74 Å². The van der Waals surface area contributed by atoms with Gasteiger partial charge in [-0.15, -0.1) is 0 Å². The van der Waals surface area contributed by atoms with E-state index in [2.05, 4.69) is 24.4 Å². The third kappa shape index (κ3) is 2.80. The van der Waals surface area contributed by atoms with Crippen LogP contribution in [0.5, 0.6) is 5.75 Å². The molecule has 0 aliphatic rings. The summed E-state index contributed by atoms with van der Waals surface area (Å²) in [5, 5.41) is 5.03. The van der Waals surface area contributed by atoms with Gasteiger partial charge in [-0.2, -0.15) is 5.10 Å². The van der Waals surface area contributed by atoms with Crippen LogP contribution in [-0.4, -0.2) is 16.9 Å². The quantitative estimate of drug-likeness (QED) is 0.657. The molecule has 108 valence electrons. The first-order chi connectivity index (χ1) is 9.58. The highest BCUT2D eigenvalue weighted by atomic mass is 35.5. The Morgan fingerprint density at radius 1 is 1.40 bits per heavy atom. The van der Waals surface area contributed by atoms with Crippen molar-refractivity contribution in [2.45, 2.75) is 25.9 Å². The normalized spacial score (nSPS) is 12.7. The fourth-order valence-corrected chi connectivity index (χ4v) is 2.42. The van der Waals surface area contributed by atoms with E-state index in [1.54, 1.807) is 13.3 Å². The number of halogens is 1. The first-order valence-corrected chi connectivity index (χ1v) is 6.79. The van der Waals surface area contributed by atoms with Gasteiger partial charge in [-0.05, 0) is 31.5 Å². The number of methoxy groups -OCH3 is 1. The smallest absolute Gasteiger partial charge is 0.161 e. The van der Waals surface area contributed by atoms with Crippen LogP contribution >= 0.6 is 11.6 Å². The van der Waals surface area contributed by atoms with Gasteiger partial charge in [0.25, 0.3) is 0 Å². The van der Waals surface area contributed by atoms with E-state index in [1.165, 1.54) is 0 Å². The average molecular weight is 295 g/mol. The zero-order valence-corrected chi connectivity index (χ0v) is 12.6. The van der Waals surface area contributed by atoms with E-state index in [0.717, 1.165) is 11.3 Å². The highest BCUT2D eigenvalue weighted by Crippen LogP contribution is 2.32. The fraction of sp³-hybridized carbons (Fsp3) is 0.357. The lowest BCUT2D eigenvalue weighted by Gasteiger charge is -2.21. The van der Waals surface area contributed by atoms with Gasteiger partial charge in [0.2, 0.25) is 0 Å². The summed E-state index contributed by atoms with van der Waals surface area (Å²) in [4.78, 5) is 0. The number of ether oxygens (including phenoxy) is 1. The Morgan fingerprint density at radius 2 is 2.15 bits per heavy atom. The van der Waals surface area contributed by atoms with Crippen molar-refractivity contribution in [3.05, 3.63) is 46.7 Å². The minimum Gasteiger partial charge on any atom is -0.493 e. The number of benzene rings is 1. The summed E-state index contributed by atoms with van der Waals surface area (Å²) in [6.07, 6.45) is 1.70. The molecule has 0 bridgehead atoms. The topological polar surface area (TPSA) is 65.1 Å². The van der Waals surface area contributed by atoms with E-state index in [-0.39, 0.29) is 12.1 Å². The van der Waals surface area contributed by atoms with Crippen LogP contribution in [0, 0.1) is 0 Å². The summed E-state index contributed by atoms with van der Waals surface area (Å²) < 4.78 is 7.29. The molecule has 1 aromatic heterocycles. The van der Waals surface area contributed by atoms with Crippen LogP contribution in [0.4, 0.5) is 0 Å². The molecule has 1 unspecified atom stereocenters. The highest BCUT2D eigenvalue weighted by molar-refractivity contribution is 6.30. The molecule has 0 saturated carbocycles. The predicted octanol–water partition coefficient (Wildman–Crippen LogP) is 2.68. The van der Waals surface area contributed by atoms with Crippen LogP contribution in [0.15, 0.2) is 30.5 Å².